The Labute approximate surface area is 155 Å². The van der Waals surface area contributed by atoms with Crippen molar-refractivity contribution in [3.05, 3.63) is 42.3 Å². The number of nitrogens with one attached hydrogen (secondary N) is 2. The molecular formula is C18H22F3N5O. The van der Waals surface area contributed by atoms with Crippen molar-refractivity contribution in [1.29, 1.82) is 0 Å². The van der Waals surface area contributed by atoms with Crippen molar-refractivity contribution in [2.45, 2.75) is 25.2 Å². The molecule has 1 aromatic carbocycles. The van der Waals surface area contributed by atoms with Crippen molar-refractivity contribution in [1.82, 2.24) is 20.5 Å². The van der Waals surface area contributed by atoms with Gasteiger partial charge in [0, 0.05) is 31.7 Å². The quantitative estimate of drug-likeness (QED) is 0.616. The molecule has 27 heavy (non-hydrogen) atoms. The van der Waals surface area contributed by atoms with Crippen LogP contribution in [-0.4, -0.2) is 54.7 Å². The van der Waals surface area contributed by atoms with E-state index >= 15 is 0 Å². The van der Waals surface area contributed by atoms with Crippen LogP contribution in [0.25, 0.3) is 11.5 Å². The second-order valence-corrected chi connectivity index (χ2v) is 6.42. The van der Waals surface area contributed by atoms with Gasteiger partial charge in [-0.25, -0.2) is 4.98 Å². The first kappa shape index (κ1) is 19.2. The number of nitrogens with zero attached hydrogens (tertiary/aromatic N) is 3. The van der Waals surface area contributed by atoms with Gasteiger partial charge in [-0.3, -0.25) is 9.89 Å². The third kappa shape index (κ3) is 5.72. The first-order chi connectivity index (χ1) is 12.9. The van der Waals surface area contributed by atoms with Crippen LogP contribution in [0.4, 0.5) is 13.2 Å². The van der Waals surface area contributed by atoms with Gasteiger partial charge >= 0.3 is 6.18 Å². The van der Waals surface area contributed by atoms with E-state index in [-0.39, 0.29) is 6.04 Å². The molecule has 1 atom stereocenters. The topological polar surface area (TPSA) is 65.7 Å². The third-order valence-corrected chi connectivity index (χ3v) is 4.25. The molecule has 2 N–H and O–H groups in total. The van der Waals surface area contributed by atoms with E-state index in [2.05, 4.69) is 20.6 Å². The minimum atomic E-state index is -4.17. The summed E-state index contributed by atoms with van der Waals surface area (Å²) in [7, 11) is 1.62. The van der Waals surface area contributed by atoms with Gasteiger partial charge in [-0.15, -0.1) is 0 Å². The predicted octanol–water partition coefficient (Wildman–Crippen LogP) is 2.64. The predicted molar refractivity (Wildman–Crippen MR) is 96.2 cm³/mol. The highest BCUT2D eigenvalue weighted by Crippen LogP contribution is 2.20. The molecule has 1 fully saturated rings. The number of hydrogen-bond donors (Lipinski definition) is 2. The number of alkyl halides is 3. The fourth-order valence-corrected chi connectivity index (χ4v) is 3.01. The van der Waals surface area contributed by atoms with Gasteiger partial charge in [-0.05, 0) is 18.6 Å². The van der Waals surface area contributed by atoms with Crippen molar-refractivity contribution in [2.24, 2.45) is 4.99 Å². The van der Waals surface area contributed by atoms with Gasteiger partial charge in [0.25, 0.3) is 0 Å². The molecule has 0 saturated carbocycles. The zero-order chi connectivity index (χ0) is 19.3. The van der Waals surface area contributed by atoms with E-state index in [1.54, 1.807) is 13.3 Å². The van der Waals surface area contributed by atoms with E-state index in [0.717, 1.165) is 5.56 Å². The molecule has 1 saturated heterocycles. The molecule has 0 bridgehead atoms. The number of guanidine groups is 1. The summed E-state index contributed by atoms with van der Waals surface area (Å²) in [5, 5.41) is 6.28. The molecule has 6 nitrogen and oxygen atoms in total. The van der Waals surface area contributed by atoms with Crippen LogP contribution in [0.2, 0.25) is 0 Å². The summed E-state index contributed by atoms with van der Waals surface area (Å²) in [5.74, 6) is 1.06. The molecule has 2 heterocycles. The van der Waals surface area contributed by atoms with E-state index in [0.29, 0.717) is 43.6 Å². The van der Waals surface area contributed by atoms with Crippen LogP contribution in [0.3, 0.4) is 0 Å². The summed E-state index contributed by atoms with van der Waals surface area (Å²) in [6.45, 7) is 0.271. The van der Waals surface area contributed by atoms with E-state index in [4.69, 9.17) is 4.42 Å². The Bertz CT molecular complexity index is 760. The van der Waals surface area contributed by atoms with Crippen molar-refractivity contribution < 1.29 is 17.6 Å². The lowest BCUT2D eigenvalue weighted by atomic mass is 10.2. The van der Waals surface area contributed by atoms with Gasteiger partial charge in [-0.2, -0.15) is 13.2 Å². The number of likely N-dealkylation sites (tertiary alicyclic amines) is 1. The molecule has 0 radical (unpaired) electrons. The Kier molecular flexibility index (Phi) is 6.00. The van der Waals surface area contributed by atoms with Crippen molar-refractivity contribution >= 4 is 5.96 Å². The molecule has 3 rings (SSSR count). The lowest BCUT2D eigenvalue weighted by Crippen LogP contribution is -2.44. The van der Waals surface area contributed by atoms with Crippen LogP contribution >= 0.6 is 0 Å². The highest BCUT2D eigenvalue weighted by molar-refractivity contribution is 5.80. The minimum absolute atomic E-state index is 0.0734. The molecule has 1 aliphatic heterocycles. The summed E-state index contributed by atoms with van der Waals surface area (Å²) in [6, 6.07) is 9.49. The molecule has 2 aromatic rings. The Morgan fingerprint density at radius 1 is 1.33 bits per heavy atom. The average molecular weight is 381 g/mol. The molecule has 0 amide bonds. The van der Waals surface area contributed by atoms with Crippen molar-refractivity contribution in [2.75, 3.05) is 26.7 Å². The smallest absolute Gasteiger partial charge is 0.401 e. The van der Waals surface area contributed by atoms with Crippen LogP contribution < -0.4 is 10.6 Å². The van der Waals surface area contributed by atoms with E-state index in [1.807, 2.05) is 30.3 Å². The maximum Gasteiger partial charge on any atom is 0.401 e. The number of rotatable bonds is 5. The Morgan fingerprint density at radius 3 is 2.81 bits per heavy atom. The number of benzene rings is 1. The molecule has 0 aliphatic carbocycles. The number of oxazole rings is 1. The van der Waals surface area contributed by atoms with Crippen LogP contribution in [-0.2, 0) is 6.54 Å². The lowest BCUT2D eigenvalue weighted by molar-refractivity contribution is -0.143. The summed E-state index contributed by atoms with van der Waals surface area (Å²) >= 11 is 0. The number of hydrogen-bond acceptors (Lipinski definition) is 4. The normalized spacial score (nSPS) is 18.7. The summed E-state index contributed by atoms with van der Waals surface area (Å²) in [5.41, 5.74) is 1.60. The van der Waals surface area contributed by atoms with E-state index in [9.17, 15) is 13.2 Å². The zero-order valence-corrected chi connectivity index (χ0v) is 15.0. The average Bonchev–Trinajstić information content (AvgIpc) is 3.27. The highest BCUT2D eigenvalue weighted by Gasteiger charge is 2.34. The summed E-state index contributed by atoms with van der Waals surface area (Å²) in [4.78, 5) is 9.95. The molecule has 9 heteroatoms. The monoisotopic (exact) mass is 381 g/mol. The second-order valence-electron chi connectivity index (χ2n) is 6.42. The van der Waals surface area contributed by atoms with Crippen LogP contribution in [0.15, 0.2) is 46.0 Å². The van der Waals surface area contributed by atoms with Gasteiger partial charge < -0.3 is 15.1 Å². The van der Waals surface area contributed by atoms with Crippen LogP contribution in [0.5, 0.6) is 0 Å². The molecule has 1 aromatic heterocycles. The maximum atomic E-state index is 12.5. The van der Waals surface area contributed by atoms with Gasteiger partial charge in [-0.1, -0.05) is 18.2 Å². The van der Waals surface area contributed by atoms with Crippen LogP contribution in [0, 0.1) is 0 Å². The first-order valence-electron chi connectivity index (χ1n) is 8.69. The van der Waals surface area contributed by atoms with Crippen molar-refractivity contribution in [3.63, 3.8) is 0 Å². The Morgan fingerprint density at radius 2 is 2.11 bits per heavy atom. The standard InChI is InChI=1S/C18H22F3N5O/c1-22-17(25-14-7-8-26(10-14)12-18(19,20)21)23-9-15-11-27-16(24-15)13-5-3-2-4-6-13/h2-6,11,14H,7-10,12H2,1H3,(H2,22,23,25). The zero-order valence-electron chi connectivity index (χ0n) is 15.0. The molecule has 1 unspecified atom stereocenters. The molecule has 1 aliphatic rings. The fourth-order valence-electron chi connectivity index (χ4n) is 3.01. The van der Waals surface area contributed by atoms with Gasteiger partial charge in [0.15, 0.2) is 5.96 Å². The highest BCUT2D eigenvalue weighted by atomic mass is 19.4. The Balaban J connectivity index is 1.48. The third-order valence-electron chi connectivity index (χ3n) is 4.25. The molecule has 0 spiro atoms. The molecule has 146 valence electrons. The second kappa shape index (κ2) is 8.43. The van der Waals surface area contributed by atoms with E-state index < -0.39 is 12.7 Å². The number of halogens is 3. The number of aliphatic imine (C=N–C) groups is 1. The summed E-state index contributed by atoms with van der Waals surface area (Å²) in [6.07, 6.45) is -1.96. The van der Waals surface area contributed by atoms with Gasteiger partial charge in [0.2, 0.25) is 5.89 Å². The first-order valence-corrected chi connectivity index (χ1v) is 8.69. The van der Waals surface area contributed by atoms with Crippen molar-refractivity contribution in [3.8, 4) is 11.5 Å². The van der Waals surface area contributed by atoms with Crippen LogP contribution in [0.1, 0.15) is 12.1 Å². The number of aromatic nitrogens is 1. The van der Waals surface area contributed by atoms with Gasteiger partial charge in [0.1, 0.15) is 6.26 Å². The minimum Gasteiger partial charge on any atom is -0.444 e. The maximum absolute atomic E-state index is 12.5. The SMILES string of the molecule is CN=C(NCc1coc(-c2ccccc2)n1)NC1CCN(CC(F)(F)F)C1. The Hall–Kier alpha value is -2.55. The summed E-state index contributed by atoms with van der Waals surface area (Å²) < 4.78 is 42.9. The largest absolute Gasteiger partial charge is 0.444 e. The lowest BCUT2D eigenvalue weighted by Gasteiger charge is -2.19. The fraction of sp³-hybridized carbons (Fsp3) is 0.444. The van der Waals surface area contributed by atoms with Gasteiger partial charge in [0.05, 0.1) is 18.8 Å². The molecular weight excluding hydrogens is 359 g/mol. The van der Waals surface area contributed by atoms with E-state index in [1.165, 1.54) is 4.90 Å².